The smallest absolute Gasteiger partial charge is 0.262 e. The maximum absolute atomic E-state index is 13.0. The Labute approximate surface area is 196 Å². The van der Waals surface area contributed by atoms with Crippen molar-refractivity contribution in [1.82, 2.24) is 5.32 Å². The van der Waals surface area contributed by atoms with E-state index in [0.717, 1.165) is 22.4 Å². The van der Waals surface area contributed by atoms with E-state index in [1.165, 1.54) is 6.07 Å². The molecule has 7 heteroatoms. The summed E-state index contributed by atoms with van der Waals surface area (Å²) in [7, 11) is -2.23. The van der Waals surface area contributed by atoms with Gasteiger partial charge in [0.05, 0.1) is 18.0 Å². The van der Waals surface area contributed by atoms with Crippen molar-refractivity contribution in [1.29, 1.82) is 0 Å². The molecule has 0 bridgehead atoms. The van der Waals surface area contributed by atoms with Crippen LogP contribution in [-0.4, -0.2) is 21.4 Å². The Morgan fingerprint density at radius 1 is 0.939 bits per heavy atom. The maximum Gasteiger partial charge on any atom is 0.262 e. The van der Waals surface area contributed by atoms with Gasteiger partial charge in [-0.25, -0.2) is 8.42 Å². The largest absolute Gasteiger partial charge is 0.496 e. The van der Waals surface area contributed by atoms with E-state index >= 15 is 0 Å². The third kappa shape index (κ3) is 5.73. The minimum atomic E-state index is -3.86. The third-order valence-electron chi connectivity index (χ3n) is 5.58. The predicted octanol–water partition coefficient (Wildman–Crippen LogP) is 5.30. The van der Waals surface area contributed by atoms with Gasteiger partial charge >= 0.3 is 0 Å². The number of ether oxygens (including phenoxy) is 1. The Balaban J connectivity index is 1.84. The van der Waals surface area contributed by atoms with Gasteiger partial charge in [0.25, 0.3) is 15.9 Å². The fourth-order valence-corrected chi connectivity index (χ4v) is 4.97. The van der Waals surface area contributed by atoms with Crippen LogP contribution in [0.2, 0.25) is 0 Å². The molecule has 174 valence electrons. The molecule has 0 spiro atoms. The number of methoxy groups -OCH3 is 1. The first-order chi connectivity index (χ1) is 15.6. The fourth-order valence-electron chi connectivity index (χ4n) is 3.64. The first kappa shape index (κ1) is 24.3. The summed E-state index contributed by atoms with van der Waals surface area (Å²) >= 11 is 0. The van der Waals surface area contributed by atoms with Crippen LogP contribution in [-0.2, 0) is 10.0 Å². The van der Waals surface area contributed by atoms with Crippen molar-refractivity contribution < 1.29 is 17.9 Å². The molecule has 0 aliphatic heterocycles. The molecule has 0 heterocycles. The van der Waals surface area contributed by atoms with Crippen LogP contribution in [0.15, 0.2) is 65.6 Å². The summed E-state index contributed by atoms with van der Waals surface area (Å²) in [6.07, 6.45) is 0.684. The van der Waals surface area contributed by atoms with Gasteiger partial charge in [-0.15, -0.1) is 0 Å². The second-order valence-corrected chi connectivity index (χ2v) is 9.77. The number of hydrogen-bond donors (Lipinski definition) is 2. The Kier molecular flexibility index (Phi) is 7.43. The molecule has 6 nitrogen and oxygen atoms in total. The van der Waals surface area contributed by atoms with Crippen LogP contribution in [0.4, 0.5) is 5.69 Å². The van der Waals surface area contributed by atoms with Gasteiger partial charge in [0.1, 0.15) is 5.75 Å². The van der Waals surface area contributed by atoms with Crippen molar-refractivity contribution in [3.63, 3.8) is 0 Å². The highest BCUT2D eigenvalue weighted by Gasteiger charge is 2.21. The Morgan fingerprint density at radius 2 is 1.64 bits per heavy atom. The second-order valence-electron chi connectivity index (χ2n) is 8.12. The van der Waals surface area contributed by atoms with E-state index in [9.17, 15) is 13.2 Å². The van der Waals surface area contributed by atoms with E-state index in [2.05, 4.69) is 10.0 Å². The van der Waals surface area contributed by atoms with E-state index in [0.29, 0.717) is 17.7 Å². The highest BCUT2D eigenvalue weighted by atomic mass is 32.2. The lowest BCUT2D eigenvalue weighted by atomic mass is 10.0. The van der Waals surface area contributed by atoms with Gasteiger partial charge in [-0.3, -0.25) is 9.52 Å². The molecule has 0 unspecified atom stereocenters. The summed E-state index contributed by atoms with van der Waals surface area (Å²) in [5.41, 5.74) is 4.29. The number of amides is 1. The van der Waals surface area contributed by atoms with Crippen LogP contribution in [0, 0.1) is 20.8 Å². The molecule has 0 aliphatic rings. The summed E-state index contributed by atoms with van der Waals surface area (Å²) in [4.78, 5) is 13.1. The van der Waals surface area contributed by atoms with Crippen LogP contribution in [0.1, 0.15) is 52.0 Å². The summed E-state index contributed by atoms with van der Waals surface area (Å²) in [6.45, 7) is 7.58. The lowest BCUT2D eigenvalue weighted by molar-refractivity contribution is 0.0935. The molecular formula is C26H30N2O4S. The first-order valence-electron chi connectivity index (χ1n) is 10.8. The first-order valence-corrected chi connectivity index (χ1v) is 12.3. The Bertz CT molecular complexity index is 1250. The second kappa shape index (κ2) is 10.1. The number of carbonyl (C=O) groups is 1. The molecule has 0 aromatic heterocycles. The number of rotatable bonds is 8. The third-order valence-corrected chi connectivity index (χ3v) is 7.10. The lowest BCUT2D eigenvalue weighted by Crippen LogP contribution is -2.28. The average Bonchev–Trinajstić information content (AvgIpc) is 2.78. The van der Waals surface area contributed by atoms with Crippen molar-refractivity contribution in [3.8, 4) is 5.75 Å². The van der Waals surface area contributed by atoms with Crippen LogP contribution in [0.3, 0.4) is 0 Å². The van der Waals surface area contributed by atoms with E-state index in [1.807, 2.05) is 51.1 Å². The summed E-state index contributed by atoms with van der Waals surface area (Å²) < 4.78 is 34.0. The summed E-state index contributed by atoms with van der Waals surface area (Å²) in [5.74, 6) is 0.455. The SMILES string of the molecule is CC[C@H](NC(=O)c1ccc(C)c(S(=O)(=O)Nc2ccc(C)cc2)c1)c1ccc(OC)c(C)c1. The van der Waals surface area contributed by atoms with Gasteiger partial charge in [0, 0.05) is 11.3 Å². The lowest BCUT2D eigenvalue weighted by Gasteiger charge is -2.19. The number of aryl methyl sites for hydroxylation is 3. The Morgan fingerprint density at radius 3 is 2.24 bits per heavy atom. The number of carbonyl (C=O) groups excluding carboxylic acids is 1. The molecule has 3 aromatic rings. The van der Waals surface area contributed by atoms with Crippen LogP contribution in [0.25, 0.3) is 0 Å². The number of benzene rings is 3. The summed E-state index contributed by atoms with van der Waals surface area (Å²) in [5, 5.41) is 3.02. The number of nitrogens with one attached hydrogen (secondary N) is 2. The highest BCUT2D eigenvalue weighted by molar-refractivity contribution is 7.92. The topological polar surface area (TPSA) is 84.5 Å². The average molecular weight is 467 g/mol. The number of sulfonamides is 1. The monoisotopic (exact) mass is 466 g/mol. The van der Waals surface area contributed by atoms with Gasteiger partial charge in [-0.1, -0.05) is 42.8 Å². The van der Waals surface area contributed by atoms with Gasteiger partial charge in [0.15, 0.2) is 0 Å². The van der Waals surface area contributed by atoms with Crippen molar-refractivity contribution in [3.05, 3.63) is 88.5 Å². The highest BCUT2D eigenvalue weighted by Crippen LogP contribution is 2.25. The molecule has 0 fully saturated rings. The molecular weight excluding hydrogens is 436 g/mol. The van der Waals surface area contributed by atoms with Crippen molar-refractivity contribution >= 4 is 21.6 Å². The molecule has 2 N–H and O–H groups in total. The van der Waals surface area contributed by atoms with Crippen molar-refractivity contribution in [2.75, 3.05) is 11.8 Å². The minimum Gasteiger partial charge on any atom is -0.496 e. The van der Waals surface area contributed by atoms with Crippen LogP contribution < -0.4 is 14.8 Å². The molecule has 1 amide bonds. The molecule has 33 heavy (non-hydrogen) atoms. The maximum atomic E-state index is 13.0. The molecule has 0 saturated carbocycles. The van der Waals surface area contributed by atoms with Gasteiger partial charge in [-0.2, -0.15) is 0 Å². The van der Waals surface area contributed by atoms with Gasteiger partial charge in [-0.05, 0) is 74.2 Å². The standard InChI is InChI=1S/C26H30N2O4S/c1-6-23(20-11-14-24(32-5)19(4)15-20)27-26(29)21-10-9-18(3)25(16-21)33(30,31)28-22-12-7-17(2)8-13-22/h7-16,23,28H,6H2,1-5H3,(H,27,29)/t23-/m0/s1. The van der Waals surface area contributed by atoms with E-state index in [-0.39, 0.29) is 22.4 Å². The van der Waals surface area contributed by atoms with Crippen molar-refractivity contribution in [2.24, 2.45) is 0 Å². The van der Waals surface area contributed by atoms with Gasteiger partial charge < -0.3 is 10.1 Å². The molecule has 3 rings (SSSR count). The minimum absolute atomic E-state index is 0.0732. The number of anilines is 1. The summed E-state index contributed by atoms with van der Waals surface area (Å²) in [6, 6.07) is 17.4. The fraction of sp³-hybridized carbons (Fsp3) is 0.269. The van der Waals surface area contributed by atoms with E-state index in [4.69, 9.17) is 4.74 Å². The molecule has 1 atom stereocenters. The zero-order valence-corrected chi connectivity index (χ0v) is 20.4. The zero-order chi connectivity index (χ0) is 24.2. The number of hydrogen-bond acceptors (Lipinski definition) is 4. The molecule has 0 radical (unpaired) electrons. The van der Waals surface area contributed by atoms with Crippen LogP contribution in [0.5, 0.6) is 5.75 Å². The Hall–Kier alpha value is -3.32. The predicted molar refractivity (Wildman–Crippen MR) is 131 cm³/mol. The zero-order valence-electron chi connectivity index (χ0n) is 19.6. The molecule has 3 aromatic carbocycles. The molecule has 0 aliphatic carbocycles. The van der Waals surface area contributed by atoms with Crippen LogP contribution >= 0.6 is 0 Å². The van der Waals surface area contributed by atoms with E-state index < -0.39 is 10.0 Å². The van der Waals surface area contributed by atoms with E-state index in [1.54, 1.807) is 38.3 Å². The normalized spacial score (nSPS) is 12.2. The quantitative estimate of drug-likeness (QED) is 0.472. The van der Waals surface area contributed by atoms with Crippen molar-refractivity contribution in [2.45, 2.75) is 45.1 Å². The molecule has 0 saturated heterocycles. The van der Waals surface area contributed by atoms with Gasteiger partial charge in [0.2, 0.25) is 0 Å².